The molecular weight excluding hydrogens is 293 g/mol. The molecule has 1 aromatic heterocycles. The van der Waals surface area contributed by atoms with Gasteiger partial charge in [-0.25, -0.2) is 9.36 Å². The second-order valence-corrected chi connectivity index (χ2v) is 5.50. The van der Waals surface area contributed by atoms with Crippen LogP contribution in [0.4, 0.5) is 5.82 Å². The predicted molar refractivity (Wildman–Crippen MR) is 65.4 cm³/mol. The van der Waals surface area contributed by atoms with E-state index < -0.39 is 38.6 Å². The van der Waals surface area contributed by atoms with Gasteiger partial charge in [0, 0.05) is 12.6 Å². The molecule has 20 heavy (non-hydrogen) atoms. The lowest BCUT2D eigenvalue weighted by atomic mass is 10.2. The molecule has 3 atom stereocenters. The maximum atomic E-state index is 11.6. The van der Waals surface area contributed by atoms with Crippen molar-refractivity contribution in [1.29, 1.82) is 0 Å². The summed E-state index contributed by atoms with van der Waals surface area (Å²) >= 11 is 0. The van der Waals surface area contributed by atoms with E-state index >= 15 is 0 Å². The molecule has 0 unspecified atom stereocenters. The summed E-state index contributed by atoms with van der Waals surface area (Å²) in [5, 5.41) is 9.74. The number of aromatic nitrogens is 2. The number of hydrogen-bond acceptors (Lipinski definition) is 7. The zero-order valence-corrected chi connectivity index (χ0v) is 11.1. The van der Waals surface area contributed by atoms with Crippen molar-refractivity contribution in [2.75, 3.05) is 12.3 Å². The van der Waals surface area contributed by atoms with Crippen molar-refractivity contribution in [3.05, 3.63) is 22.7 Å². The third kappa shape index (κ3) is 3.63. The minimum atomic E-state index is -4.64. The largest absolute Gasteiger partial charge is 0.469 e. The van der Waals surface area contributed by atoms with Crippen molar-refractivity contribution in [2.24, 2.45) is 0 Å². The van der Waals surface area contributed by atoms with E-state index in [0.29, 0.717) is 0 Å². The molecular formula is C9H14N3O7P. The highest BCUT2D eigenvalue weighted by molar-refractivity contribution is 7.46. The van der Waals surface area contributed by atoms with E-state index in [1.54, 1.807) is 0 Å². The standard InChI is InChI=1S/C9H14N3O7P/c10-7-1-2-12(9(14)11-7)8-3-5(13)6(19-8)4-18-20(15,16)17/h1-2,5-6,8,13H,3-4H2,(H2,10,11,14)(H2,15,16,17)/t5-,6-,8+/m1/s1. The summed E-state index contributed by atoms with van der Waals surface area (Å²) in [6.07, 6.45) is -1.32. The lowest BCUT2D eigenvalue weighted by molar-refractivity contribution is -0.0450. The molecule has 1 aliphatic rings. The molecule has 1 aromatic rings. The average Bonchev–Trinajstić information content (AvgIpc) is 2.67. The topological polar surface area (TPSA) is 157 Å². The van der Waals surface area contributed by atoms with Crippen molar-refractivity contribution in [3.63, 3.8) is 0 Å². The van der Waals surface area contributed by atoms with E-state index in [4.69, 9.17) is 20.3 Å². The first-order chi connectivity index (χ1) is 9.26. The Balaban J connectivity index is 2.06. The van der Waals surface area contributed by atoms with E-state index in [1.165, 1.54) is 12.3 Å². The van der Waals surface area contributed by atoms with Crippen LogP contribution in [0.3, 0.4) is 0 Å². The second-order valence-electron chi connectivity index (χ2n) is 4.26. The Morgan fingerprint density at radius 1 is 1.60 bits per heavy atom. The Kier molecular flexibility index (Phi) is 4.23. The highest BCUT2D eigenvalue weighted by Gasteiger charge is 2.36. The summed E-state index contributed by atoms with van der Waals surface area (Å²) in [5.41, 5.74) is 4.72. The summed E-state index contributed by atoms with van der Waals surface area (Å²) in [7, 11) is -4.64. The number of anilines is 1. The number of nitrogen functional groups attached to an aromatic ring is 1. The minimum absolute atomic E-state index is 0.0613. The zero-order valence-electron chi connectivity index (χ0n) is 10.2. The molecule has 2 heterocycles. The van der Waals surface area contributed by atoms with Crippen molar-refractivity contribution < 1.29 is 28.7 Å². The predicted octanol–water partition coefficient (Wildman–Crippen LogP) is -1.42. The molecule has 0 amide bonds. The van der Waals surface area contributed by atoms with Gasteiger partial charge in [0.1, 0.15) is 18.1 Å². The molecule has 10 nitrogen and oxygen atoms in total. The van der Waals surface area contributed by atoms with Crippen LogP contribution in [0, 0.1) is 0 Å². The van der Waals surface area contributed by atoms with Crippen LogP contribution in [0.1, 0.15) is 12.6 Å². The maximum absolute atomic E-state index is 11.6. The summed E-state index contributed by atoms with van der Waals surface area (Å²) < 4.78 is 21.3. The van der Waals surface area contributed by atoms with Gasteiger partial charge in [-0.3, -0.25) is 9.09 Å². The molecule has 1 fully saturated rings. The molecule has 5 N–H and O–H groups in total. The first-order valence-corrected chi connectivity index (χ1v) is 7.17. The molecule has 0 saturated carbocycles. The Morgan fingerprint density at radius 3 is 2.90 bits per heavy atom. The first kappa shape index (κ1) is 15.1. The van der Waals surface area contributed by atoms with E-state index in [9.17, 15) is 14.5 Å². The summed E-state index contributed by atoms with van der Waals surface area (Å²) in [6.45, 7) is -0.487. The quantitative estimate of drug-likeness (QED) is 0.490. The highest BCUT2D eigenvalue weighted by atomic mass is 31.2. The number of nitrogens with two attached hydrogens (primary N) is 1. The third-order valence-electron chi connectivity index (χ3n) is 2.77. The fraction of sp³-hybridized carbons (Fsp3) is 0.556. The van der Waals surface area contributed by atoms with E-state index in [0.717, 1.165) is 4.57 Å². The molecule has 112 valence electrons. The van der Waals surface area contributed by atoms with E-state index in [2.05, 4.69) is 9.51 Å². The van der Waals surface area contributed by atoms with Crippen LogP contribution in [-0.4, -0.2) is 43.3 Å². The molecule has 1 saturated heterocycles. The molecule has 1 aliphatic heterocycles. The van der Waals surface area contributed by atoms with Gasteiger partial charge in [-0.2, -0.15) is 4.98 Å². The molecule has 11 heteroatoms. The summed E-state index contributed by atoms with van der Waals surface area (Å²) in [4.78, 5) is 32.3. The van der Waals surface area contributed by atoms with Gasteiger partial charge in [-0.1, -0.05) is 0 Å². The van der Waals surface area contributed by atoms with Gasteiger partial charge in [0.05, 0.1) is 12.7 Å². The van der Waals surface area contributed by atoms with Gasteiger partial charge in [-0.05, 0) is 6.07 Å². The van der Waals surface area contributed by atoms with Crippen LogP contribution in [-0.2, 0) is 13.8 Å². The Morgan fingerprint density at radius 2 is 2.30 bits per heavy atom. The number of nitrogens with zero attached hydrogens (tertiary/aromatic N) is 2. The maximum Gasteiger partial charge on any atom is 0.469 e. The molecule has 0 aromatic carbocycles. The monoisotopic (exact) mass is 307 g/mol. The number of ether oxygens (including phenoxy) is 1. The second kappa shape index (κ2) is 5.60. The molecule has 0 bridgehead atoms. The Bertz CT molecular complexity index is 585. The van der Waals surface area contributed by atoms with E-state index in [1.807, 2.05) is 0 Å². The van der Waals surface area contributed by atoms with Crippen molar-refractivity contribution in [1.82, 2.24) is 9.55 Å². The smallest absolute Gasteiger partial charge is 0.390 e. The SMILES string of the molecule is Nc1ccn([C@@H]2C[C@@H](O)[C@@H](COP(=O)(O)O)O2)c(=O)n1. The fourth-order valence-electron chi connectivity index (χ4n) is 1.85. The van der Waals surface area contributed by atoms with Gasteiger partial charge in [0.2, 0.25) is 0 Å². The fourth-order valence-corrected chi connectivity index (χ4v) is 2.19. The lowest BCUT2D eigenvalue weighted by Crippen LogP contribution is -2.28. The molecule has 2 rings (SSSR count). The van der Waals surface area contributed by atoms with Crippen molar-refractivity contribution >= 4 is 13.6 Å². The van der Waals surface area contributed by atoms with Crippen molar-refractivity contribution in [2.45, 2.75) is 24.9 Å². The van der Waals surface area contributed by atoms with Crippen LogP contribution in [0.5, 0.6) is 0 Å². The van der Waals surface area contributed by atoms with Crippen LogP contribution < -0.4 is 11.4 Å². The van der Waals surface area contributed by atoms with Gasteiger partial charge in [-0.15, -0.1) is 0 Å². The summed E-state index contributed by atoms with van der Waals surface area (Å²) in [5.74, 6) is 0.0613. The highest BCUT2D eigenvalue weighted by Crippen LogP contribution is 2.38. The number of phosphoric ester groups is 1. The van der Waals surface area contributed by atoms with Crippen LogP contribution in [0.2, 0.25) is 0 Å². The summed E-state index contributed by atoms with van der Waals surface area (Å²) in [6, 6.07) is 1.40. The van der Waals surface area contributed by atoms with Crippen LogP contribution in [0.15, 0.2) is 17.1 Å². The average molecular weight is 307 g/mol. The lowest BCUT2D eigenvalue weighted by Gasteiger charge is -2.16. The molecule has 0 spiro atoms. The zero-order chi connectivity index (χ0) is 14.9. The Labute approximate surface area is 113 Å². The third-order valence-corrected chi connectivity index (χ3v) is 3.26. The first-order valence-electron chi connectivity index (χ1n) is 5.64. The number of aliphatic hydroxyl groups excluding tert-OH is 1. The number of aliphatic hydroxyl groups is 1. The van der Waals surface area contributed by atoms with Crippen molar-refractivity contribution in [3.8, 4) is 0 Å². The van der Waals surface area contributed by atoms with Gasteiger partial charge >= 0.3 is 13.5 Å². The number of hydrogen-bond donors (Lipinski definition) is 4. The van der Waals surface area contributed by atoms with Gasteiger partial charge in [0.15, 0.2) is 0 Å². The van der Waals surface area contributed by atoms with Crippen LogP contribution in [0.25, 0.3) is 0 Å². The van der Waals surface area contributed by atoms with Gasteiger partial charge in [0.25, 0.3) is 0 Å². The number of phosphoric acid groups is 1. The van der Waals surface area contributed by atoms with Gasteiger partial charge < -0.3 is 25.4 Å². The van der Waals surface area contributed by atoms with Crippen LogP contribution >= 0.6 is 7.82 Å². The normalized spacial score (nSPS) is 26.9. The molecule has 0 aliphatic carbocycles. The van der Waals surface area contributed by atoms with E-state index in [-0.39, 0.29) is 12.2 Å². The number of rotatable bonds is 4. The minimum Gasteiger partial charge on any atom is -0.390 e. The molecule has 0 radical (unpaired) electrons. The Hall–Kier alpha value is -1.29.